The molecule has 2 N–H and O–H groups in total. The summed E-state index contributed by atoms with van der Waals surface area (Å²) in [5, 5.41) is 9.35. The maximum Gasteiger partial charge on any atom is 0.238 e. The molecule has 0 aliphatic heterocycles. The van der Waals surface area contributed by atoms with Crippen LogP contribution in [0.15, 0.2) is 35.1 Å². The number of amides is 1. The van der Waals surface area contributed by atoms with E-state index in [-0.39, 0.29) is 12.5 Å². The fourth-order valence-electron chi connectivity index (χ4n) is 1.63. The summed E-state index contributed by atoms with van der Waals surface area (Å²) in [4.78, 5) is 15.6. The maximum absolute atomic E-state index is 11.7. The van der Waals surface area contributed by atoms with E-state index >= 15 is 0 Å². The molecule has 2 aromatic rings. The molecular formula is C13H16N4O2. The van der Waals surface area contributed by atoms with E-state index < -0.39 is 0 Å². The predicted molar refractivity (Wildman–Crippen MR) is 70.7 cm³/mol. The van der Waals surface area contributed by atoms with Crippen molar-refractivity contribution < 1.29 is 9.32 Å². The van der Waals surface area contributed by atoms with Gasteiger partial charge < -0.3 is 15.2 Å². The minimum Gasteiger partial charge on any atom is -0.340 e. The van der Waals surface area contributed by atoms with Gasteiger partial charge in [0.05, 0.1) is 6.54 Å². The first-order valence-corrected chi connectivity index (χ1v) is 6.07. The van der Waals surface area contributed by atoms with E-state index in [1.54, 1.807) is 0 Å². The number of aryl methyl sites for hydroxylation is 1. The van der Waals surface area contributed by atoms with Crippen molar-refractivity contribution in [2.24, 2.45) is 0 Å². The van der Waals surface area contributed by atoms with Crippen LogP contribution in [0, 0.1) is 6.92 Å². The van der Waals surface area contributed by atoms with Gasteiger partial charge in [0.15, 0.2) is 6.33 Å². The highest BCUT2D eigenvalue weighted by Gasteiger charge is 2.03. The molecule has 6 heteroatoms. The number of carbonyl (C=O) groups is 1. The van der Waals surface area contributed by atoms with Crippen molar-refractivity contribution in [1.29, 1.82) is 0 Å². The van der Waals surface area contributed by atoms with Gasteiger partial charge in [0.25, 0.3) is 0 Å². The van der Waals surface area contributed by atoms with Crippen LogP contribution in [-0.4, -0.2) is 29.1 Å². The van der Waals surface area contributed by atoms with E-state index in [0.29, 0.717) is 18.9 Å². The molecule has 2 rings (SSSR count). The summed E-state index contributed by atoms with van der Waals surface area (Å²) in [5.41, 5.74) is 1.92. The number of hydrogen-bond acceptors (Lipinski definition) is 5. The molecule has 1 heterocycles. The first kappa shape index (κ1) is 13.2. The lowest BCUT2D eigenvalue weighted by Gasteiger charge is -2.06. The van der Waals surface area contributed by atoms with Crippen molar-refractivity contribution in [3.05, 3.63) is 42.0 Å². The second-order valence-electron chi connectivity index (χ2n) is 4.18. The largest absolute Gasteiger partial charge is 0.340 e. The third-order valence-corrected chi connectivity index (χ3v) is 2.51. The average molecular weight is 260 g/mol. The minimum atomic E-state index is -0.0730. The summed E-state index contributed by atoms with van der Waals surface area (Å²) < 4.78 is 4.85. The summed E-state index contributed by atoms with van der Waals surface area (Å²) in [5.74, 6) is 0.489. The normalized spacial score (nSPS) is 10.4. The Morgan fingerprint density at radius 1 is 1.42 bits per heavy atom. The van der Waals surface area contributed by atoms with Gasteiger partial charge in [0, 0.05) is 18.7 Å². The zero-order chi connectivity index (χ0) is 13.5. The Hall–Kier alpha value is -2.21. The molecule has 0 fully saturated rings. The first-order chi connectivity index (χ1) is 9.24. The predicted octanol–water partition coefficient (Wildman–Crippen LogP) is 1.15. The Labute approximate surface area is 111 Å². The summed E-state index contributed by atoms with van der Waals surface area (Å²) in [6.45, 7) is 2.85. The lowest BCUT2D eigenvalue weighted by atomic mass is 10.2. The Bertz CT molecular complexity index is 525. The van der Waals surface area contributed by atoms with Crippen molar-refractivity contribution in [3.63, 3.8) is 0 Å². The van der Waals surface area contributed by atoms with E-state index in [0.717, 1.165) is 11.3 Å². The fourth-order valence-corrected chi connectivity index (χ4v) is 1.63. The van der Waals surface area contributed by atoms with Gasteiger partial charge in [0.1, 0.15) is 0 Å². The SMILES string of the molecule is Cc1cccc(NC(=O)CNCCc2ncno2)c1. The number of benzene rings is 1. The number of nitrogens with zero attached hydrogens (tertiary/aromatic N) is 2. The summed E-state index contributed by atoms with van der Waals surface area (Å²) in [6, 6.07) is 7.69. The van der Waals surface area contributed by atoms with Gasteiger partial charge in [-0.3, -0.25) is 4.79 Å². The van der Waals surface area contributed by atoms with Crippen LogP contribution in [0.2, 0.25) is 0 Å². The maximum atomic E-state index is 11.7. The fraction of sp³-hybridized carbons (Fsp3) is 0.308. The second-order valence-corrected chi connectivity index (χ2v) is 4.18. The van der Waals surface area contributed by atoms with Crippen LogP contribution in [0.1, 0.15) is 11.5 Å². The molecule has 0 bridgehead atoms. The van der Waals surface area contributed by atoms with Crippen LogP contribution in [0.5, 0.6) is 0 Å². The quantitative estimate of drug-likeness (QED) is 0.761. The highest BCUT2D eigenvalue weighted by atomic mass is 16.5. The molecule has 0 unspecified atom stereocenters. The van der Waals surface area contributed by atoms with Crippen LogP contribution in [0.25, 0.3) is 0 Å². The van der Waals surface area contributed by atoms with Crippen molar-refractivity contribution in [3.8, 4) is 0 Å². The first-order valence-electron chi connectivity index (χ1n) is 6.07. The smallest absolute Gasteiger partial charge is 0.238 e. The van der Waals surface area contributed by atoms with Crippen LogP contribution in [-0.2, 0) is 11.2 Å². The third kappa shape index (κ3) is 4.51. The Morgan fingerprint density at radius 3 is 3.05 bits per heavy atom. The molecule has 19 heavy (non-hydrogen) atoms. The Balaban J connectivity index is 1.67. The second kappa shape index (κ2) is 6.65. The molecule has 1 amide bonds. The molecule has 0 aliphatic rings. The summed E-state index contributed by atoms with van der Waals surface area (Å²) >= 11 is 0. The standard InChI is InChI=1S/C13H16N4O2/c1-10-3-2-4-11(7-10)17-12(18)8-14-6-5-13-15-9-16-19-13/h2-4,7,9,14H,5-6,8H2,1H3,(H,17,18). The van der Waals surface area contributed by atoms with Gasteiger partial charge in [-0.25, -0.2) is 0 Å². The highest BCUT2D eigenvalue weighted by Crippen LogP contribution is 2.08. The lowest BCUT2D eigenvalue weighted by molar-refractivity contribution is -0.115. The summed E-state index contributed by atoms with van der Waals surface area (Å²) in [6.07, 6.45) is 1.97. The monoisotopic (exact) mass is 260 g/mol. The van der Waals surface area contributed by atoms with Gasteiger partial charge >= 0.3 is 0 Å². The van der Waals surface area contributed by atoms with Gasteiger partial charge in [-0.2, -0.15) is 4.98 Å². The van der Waals surface area contributed by atoms with Gasteiger partial charge in [-0.05, 0) is 24.6 Å². The van der Waals surface area contributed by atoms with E-state index in [1.165, 1.54) is 6.33 Å². The molecule has 0 atom stereocenters. The molecule has 0 spiro atoms. The number of anilines is 1. The minimum absolute atomic E-state index is 0.0730. The molecule has 1 aromatic heterocycles. The Morgan fingerprint density at radius 2 is 2.32 bits per heavy atom. The van der Waals surface area contributed by atoms with Crippen LogP contribution in [0.3, 0.4) is 0 Å². The molecule has 1 aromatic carbocycles. The van der Waals surface area contributed by atoms with E-state index in [1.807, 2.05) is 31.2 Å². The number of carbonyl (C=O) groups excluding carboxylic acids is 1. The van der Waals surface area contributed by atoms with E-state index in [2.05, 4.69) is 20.8 Å². The van der Waals surface area contributed by atoms with Gasteiger partial charge in [-0.1, -0.05) is 17.3 Å². The molecule has 0 radical (unpaired) electrons. The molecular weight excluding hydrogens is 244 g/mol. The van der Waals surface area contributed by atoms with E-state index in [4.69, 9.17) is 4.52 Å². The van der Waals surface area contributed by atoms with Crippen LogP contribution < -0.4 is 10.6 Å². The number of hydrogen-bond donors (Lipinski definition) is 2. The lowest BCUT2D eigenvalue weighted by Crippen LogP contribution is -2.29. The number of nitrogens with one attached hydrogen (secondary N) is 2. The third-order valence-electron chi connectivity index (χ3n) is 2.51. The number of aromatic nitrogens is 2. The van der Waals surface area contributed by atoms with Crippen molar-refractivity contribution >= 4 is 11.6 Å². The van der Waals surface area contributed by atoms with Crippen molar-refractivity contribution in [2.75, 3.05) is 18.4 Å². The van der Waals surface area contributed by atoms with Gasteiger partial charge in [0.2, 0.25) is 11.8 Å². The van der Waals surface area contributed by atoms with Crippen LogP contribution in [0.4, 0.5) is 5.69 Å². The van der Waals surface area contributed by atoms with Gasteiger partial charge in [-0.15, -0.1) is 0 Å². The molecule has 0 aliphatic carbocycles. The van der Waals surface area contributed by atoms with Crippen molar-refractivity contribution in [2.45, 2.75) is 13.3 Å². The highest BCUT2D eigenvalue weighted by molar-refractivity contribution is 5.92. The Kier molecular flexibility index (Phi) is 4.63. The summed E-state index contributed by atoms with van der Waals surface area (Å²) in [7, 11) is 0. The average Bonchev–Trinajstić information content (AvgIpc) is 2.88. The molecule has 0 saturated carbocycles. The molecule has 100 valence electrons. The van der Waals surface area contributed by atoms with Crippen LogP contribution >= 0.6 is 0 Å². The zero-order valence-electron chi connectivity index (χ0n) is 10.7. The van der Waals surface area contributed by atoms with Crippen molar-refractivity contribution in [1.82, 2.24) is 15.5 Å². The topological polar surface area (TPSA) is 80.0 Å². The molecule has 6 nitrogen and oxygen atoms in total. The van der Waals surface area contributed by atoms with E-state index in [9.17, 15) is 4.79 Å². The zero-order valence-corrected chi connectivity index (χ0v) is 10.7. The number of rotatable bonds is 6. The molecule has 0 saturated heterocycles.